The van der Waals surface area contributed by atoms with Gasteiger partial charge >= 0.3 is 0 Å². The smallest absolute Gasteiger partial charge is 0.137 e. The maximum atomic E-state index is 6.37. The number of furan rings is 1. The fourth-order valence-electron chi connectivity index (χ4n) is 7.11. The van der Waals surface area contributed by atoms with Crippen LogP contribution >= 0.6 is 0 Å². The average molecular weight is 602 g/mol. The Morgan fingerprint density at radius 3 is 1.74 bits per heavy atom. The van der Waals surface area contributed by atoms with Crippen LogP contribution in [0.25, 0.3) is 65.7 Å². The monoisotopic (exact) mass is 601 g/mol. The Morgan fingerprint density at radius 2 is 1.00 bits per heavy atom. The number of para-hydroxylation sites is 1. The van der Waals surface area contributed by atoms with Gasteiger partial charge in [-0.15, -0.1) is 0 Å². The van der Waals surface area contributed by atoms with Crippen LogP contribution in [0.15, 0.2) is 174 Å². The number of benzene rings is 8. The van der Waals surface area contributed by atoms with E-state index in [0.29, 0.717) is 0 Å². The molecule has 0 fully saturated rings. The van der Waals surface area contributed by atoms with Gasteiger partial charge in [-0.2, -0.15) is 0 Å². The Morgan fingerprint density at radius 1 is 0.426 bits per heavy atom. The molecule has 0 saturated carbocycles. The van der Waals surface area contributed by atoms with E-state index in [1.165, 1.54) is 49.4 Å². The summed E-state index contributed by atoms with van der Waals surface area (Å²) < 4.78 is 6.37. The van der Waals surface area contributed by atoms with Crippen LogP contribution in [0.1, 0.15) is 5.56 Å². The third kappa shape index (κ3) is 4.57. The highest BCUT2D eigenvalue weighted by Gasteiger charge is 2.22. The Hall–Kier alpha value is -6.12. The first-order chi connectivity index (χ1) is 23.2. The molecule has 0 saturated heterocycles. The lowest BCUT2D eigenvalue weighted by Crippen LogP contribution is -2.11. The molecule has 1 heterocycles. The lowest BCUT2D eigenvalue weighted by Gasteiger charge is -2.28. The topological polar surface area (TPSA) is 16.4 Å². The number of nitrogens with zero attached hydrogens (tertiary/aromatic N) is 1. The van der Waals surface area contributed by atoms with E-state index in [1.54, 1.807) is 0 Å². The lowest BCUT2D eigenvalue weighted by molar-refractivity contribution is 0.669. The van der Waals surface area contributed by atoms with Crippen LogP contribution in [0.5, 0.6) is 0 Å². The molecule has 2 heteroatoms. The van der Waals surface area contributed by atoms with E-state index >= 15 is 0 Å². The molecule has 0 atom stereocenters. The lowest BCUT2D eigenvalue weighted by atomic mass is 9.93. The highest BCUT2D eigenvalue weighted by Crippen LogP contribution is 2.45. The van der Waals surface area contributed by atoms with Crippen molar-refractivity contribution in [1.29, 1.82) is 0 Å². The first-order valence-corrected chi connectivity index (χ1v) is 16.1. The zero-order valence-corrected chi connectivity index (χ0v) is 26.0. The number of anilines is 3. The van der Waals surface area contributed by atoms with Crippen LogP contribution < -0.4 is 4.90 Å². The maximum Gasteiger partial charge on any atom is 0.137 e. The van der Waals surface area contributed by atoms with E-state index < -0.39 is 0 Å². The van der Waals surface area contributed by atoms with Crippen LogP contribution in [-0.4, -0.2) is 0 Å². The zero-order valence-electron chi connectivity index (χ0n) is 26.0. The minimum Gasteiger partial charge on any atom is -0.456 e. The van der Waals surface area contributed by atoms with Gasteiger partial charge in [0.1, 0.15) is 11.2 Å². The highest BCUT2D eigenvalue weighted by molar-refractivity contribution is 6.15. The van der Waals surface area contributed by atoms with Crippen LogP contribution in [0.4, 0.5) is 17.1 Å². The first-order valence-electron chi connectivity index (χ1n) is 16.1. The molecule has 0 aliphatic rings. The van der Waals surface area contributed by atoms with Crippen molar-refractivity contribution in [1.82, 2.24) is 0 Å². The van der Waals surface area contributed by atoms with Crippen molar-refractivity contribution in [2.75, 3.05) is 4.90 Å². The van der Waals surface area contributed by atoms with Crippen molar-refractivity contribution >= 4 is 60.5 Å². The first kappa shape index (κ1) is 27.2. The second kappa shape index (κ2) is 11.0. The predicted octanol–water partition coefficient (Wildman–Crippen LogP) is 13.0. The van der Waals surface area contributed by atoms with E-state index in [0.717, 1.165) is 39.0 Å². The summed E-state index contributed by atoms with van der Waals surface area (Å²) in [5.41, 5.74) is 11.1. The summed E-state index contributed by atoms with van der Waals surface area (Å²) in [5.74, 6) is 0. The second-order valence-corrected chi connectivity index (χ2v) is 12.2. The minimum atomic E-state index is 0.886. The standard InChI is InChI=1S/C45H31NO/c1-30-19-28-43-44(40-17-9-10-18-42(40)47-43)45(30)46(35-24-20-32(21-25-35)31-11-3-2-4-12-31)36-26-22-33(23-27-36)41-29-34-13-5-6-14-37(34)38-15-7-8-16-39(38)41/h2-29H,1H3. The molecule has 2 nitrogen and oxygen atoms in total. The van der Waals surface area contributed by atoms with Crippen LogP contribution in [0, 0.1) is 6.92 Å². The molecule has 0 bridgehead atoms. The molecule has 47 heavy (non-hydrogen) atoms. The van der Waals surface area contributed by atoms with Gasteiger partial charge in [-0.3, -0.25) is 0 Å². The molecular weight excluding hydrogens is 571 g/mol. The van der Waals surface area contributed by atoms with Crippen LogP contribution in [-0.2, 0) is 0 Å². The molecule has 0 N–H and O–H groups in total. The Bertz CT molecular complexity index is 2560. The molecule has 0 spiro atoms. The number of fused-ring (bicyclic) bond motifs is 6. The normalized spacial score (nSPS) is 11.5. The minimum absolute atomic E-state index is 0.886. The summed E-state index contributed by atoms with van der Waals surface area (Å²) in [7, 11) is 0. The van der Waals surface area contributed by atoms with E-state index in [2.05, 4.69) is 176 Å². The summed E-state index contributed by atoms with van der Waals surface area (Å²) >= 11 is 0. The molecular formula is C45H31NO. The number of hydrogen-bond acceptors (Lipinski definition) is 2. The summed E-state index contributed by atoms with van der Waals surface area (Å²) in [6.45, 7) is 2.19. The molecule has 1 aromatic heterocycles. The van der Waals surface area contributed by atoms with Gasteiger partial charge in [0.2, 0.25) is 0 Å². The Kier molecular flexibility index (Phi) is 6.39. The third-order valence-corrected chi connectivity index (χ3v) is 9.38. The maximum absolute atomic E-state index is 6.37. The molecule has 0 amide bonds. The fourth-order valence-corrected chi connectivity index (χ4v) is 7.11. The van der Waals surface area contributed by atoms with E-state index in [4.69, 9.17) is 4.42 Å². The van der Waals surface area contributed by atoms with E-state index in [-0.39, 0.29) is 0 Å². The highest BCUT2D eigenvalue weighted by atomic mass is 16.3. The molecule has 0 aliphatic carbocycles. The van der Waals surface area contributed by atoms with Gasteiger partial charge in [0.05, 0.1) is 11.1 Å². The fraction of sp³-hybridized carbons (Fsp3) is 0.0222. The molecule has 0 aliphatic heterocycles. The zero-order chi connectivity index (χ0) is 31.3. The van der Waals surface area contributed by atoms with Gasteiger partial charge in [-0.1, -0.05) is 127 Å². The van der Waals surface area contributed by atoms with Gasteiger partial charge in [-0.05, 0) is 98.8 Å². The molecule has 0 unspecified atom stereocenters. The Labute approximate surface area is 273 Å². The van der Waals surface area contributed by atoms with Crippen LogP contribution in [0.3, 0.4) is 0 Å². The summed E-state index contributed by atoms with van der Waals surface area (Å²) in [5, 5.41) is 7.31. The third-order valence-electron chi connectivity index (χ3n) is 9.38. The number of aryl methyl sites for hydroxylation is 1. The van der Waals surface area contributed by atoms with Crippen molar-refractivity contribution in [3.05, 3.63) is 175 Å². The average Bonchev–Trinajstić information content (AvgIpc) is 3.52. The van der Waals surface area contributed by atoms with Crippen molar-refractivity contribution in [2.45, 2.75) is 6.92 Å². The van der Waals surface area contributed by atoms with Gasteiger partial charge < -0.3 is 9.32 Å². The number of rotatable bonds is 5. The van der Waals surface area contributed by atoms with E-state index in [1.807, 2.05) is 6.07 Å². The van der Waals surface area contributed by atoms with Crippen molar-refractivity contribution in [2.24, 2.45) is 0 Å². The van der Waals surface area contributed by atoms with Crippen molar-refractivity contribution in [3.63, 3.8) is 0 Å². The Balaban J connectivity index is 1.24. The summed E-state index contributed by atoms with van der Waals surface area (Å²) in [4.78, 5) is 2.39. The molecule has 8 aromatic carbocycles. The number of hydrogen-bond donors (Lipinski definition) is 0. The largest absolute Gasteiger partial charge is 0.456 e. The second-order valence-electron chi connectivity index (χ2n) is 12.2. The predicted molar refractivity (Wildman–Crippen MR) is 199 cm³/mol. The van der Waals surface area contributed by atoms with Gasteiger partial charge in [0, 0.05) is 16.8 Å². The van der Waals surface area contributed by atoms with Crippen molar-refractivity contribution in [3.8, 4) is 22.3 Å². The van der Waals surface area contributed by atoms with Gasteiger partial charge in [-0.25, -0.2) is 0 Å². The summed E-state index contributed by atoms with van der Waals surface area (Å²) in [6.07, 6.45) is 0. The van der Waals surface area contributed by atoms with Gasteiger partial charge in [0.15, 0.2) is 0 Å². The van der Waals surface area contributed by atoms with Crippen LogP contribution in [0.2, 0.25) is 0 Å². The molecule has 0 radical (unpaired) electrons. The molecule has 222 valence electrons. The quantitative estimate of drug-likeness (QED) is 0.182. The van der Waals surface area contributed by atoms with Crippen molar-refractivity contribution < 1.29 is 4.42 Å². The molecule has 9 aromatic rings. The van der Waals surface area contributed by atoms with E-state index in [9.17, 15) is 0 Å². The van der Waals surface area contributed by atoms with Gasteiger partial charge in [0.25, 0.3) is 0 Å². The SMILES string of the molecule is Cc1ccc2oc3ccccc3c2c1N(c1ccc(-c2ccccc2)cc1)c1ccc(-c2cc3ccccc3c3ccccc23)cc1. The summed E-state index contributed by atoms with van der Waals surface area (Å²) in [6, 6.07) is 60.8. The molecule has 9 rings (SSSR count).